The van der Waals surface area contributed by atoms with Crippen LogP contribution in [0.1, 0.15) is 49.1 Å². The van der Waals surface area contributed by atoms with E-state index in [9.17, 15) is 14.7 Å². The van der Waals surface area contributed by atoms with Gasteiger partial charge >= 0.3 is 0 Å². The van der Waals surface area contributed by atoms with E-state index in [1.54, 1.807) is 30.3 Å². The quantitative estimate of drug-likeness (QED) is 0.222. The maximum atomic E-state index is 13.4. The van der Waals surface area contributed by atoms with Crippen molar-refractivity contribution in [1.82, 2.24) is 0 Å². The summed E-state index contributed by atoms with van der Waals surface area (Å²) in [6.45, 7) is 8.17. The number of methoxy groups -OCH3 is 1. The molecule has 3 aromatic carbocycles. The van der Waals surface area contributed by atoms with Gasteiger partial charge in [-0.3, -0.25) is 14.5 Å². The van der Waals surface area contributed by atoms with E-state index in [1.807, 2.05) is 31.2 Å². The molecular weight excluding hydrogens is 497 g/mol. The zero-order chi connectivity index (χ0) is 26.4. The van der Waals surface area contributed by atoms with Gasteiger partial charge in [-0.1, -0.05) is 74.3 Å². The van der Waals surface area contributed by atoms with E-state index in [2.05, 4.69) is 20.8 Å². The number of amides is 1. The second-order valence-electron chi connectivity index (χ2n) is 9.82. The fourth-order valence-electron chi connectivity index (χ4n) is 4.37. The highest BCUT2D eigenvalue weighted by Crippen LogP contribution is 2.44. The van der Waals surface area contributed by atoms with Crippen LogP contribution in [0.4, 0.5) is 5.69 Å². The molecular formula is C29H27Cl2NO4. The third-order valence-corrected chi connectivity index (χ3v) is 6.92. The molecule has 1 saturated heterocycles. The molecule has 0 bridgehead atoms. The first-order chi connectivity index (χ1) is 16.9. The number of aliphatic hydroxyl groups is 1. The zero-order valence-corrected chi connectivity index (χ0v) is 22.2. The van der Waals surface area contributed by atoms with Gasteiger partial charge < -0.3 is 9.84 Å². The Hall–Kier alpha value is -3.28. The minimum absolute atomic E-state index is 0.0240. The van der Waals surface area contributed by atoms with Crippen molar-refractivity contribution in [1.29, 1.82) is 0 Å². The number of ether oxygens (including phenoxy) is 1. The summed E-state index contributed by atoms with van der Waals surface area (Å²) in [4.78, 5) is 28.3. The topological polar surface area (TPSA) is 66.8 Å². The highest BCUT2D eigenvalue weighted by Gasteiger charge is 2.47. The molecule has 0 radical (unpaired) electrons. The van der Waals surface area contributed by atoms with Crippen LogP contribution in [-0.2, 0) is 15.0 Å². The smallest absolute Gasteiger partial charge is 0.300 e. The van der Waals surface area contributed by atoms with Crippen LogP contribution in [-0.4, -0.2) is 23.9 Å². The Balaban J connectivity index is 1.96. The predicted molar refractivity (Wildman–Crippen MR) is 144 cm³/mol. The van der Waals surface area contributed by atoms with E-state index in [0.29, 0.717) is 27.6 Å². The van der Waals surface area contributed by atoms with Gasteiger partial charge in [0.05, 0.1) is 23.7 Å². The van der Waals surface area contributed by atoms with Crippen LogP contribution in [0.25, 0.3) is 5.76 Å². The Morgan fingerprint density at radius 1 is 0.972 bits per heavy atom. The molecule has 1 aliphatic rings. The Bertz CT molecular complexity index is 1390. The van der Waals surface area contributed by atoms with Crippen molar-refractivity contribution in [3.8, 4) is 5.75 Å². The molecule has 0 aliphatic carbocycles. The van der Waals surface area contributed by atoms with Gasteiger partial charge in [-0.05, 0) is 59.4 Å². The number of ketones is 1. The van der Waals surface area contributed by atoms with Gasteiger partial charge in [-0.15, -0.1) is 0 Å². The summed E-state index contributed by atoms with van der Waals surface area (Å²) in [5.41, 5.74) is 3.25. The van der Waals surface area contributed by atoms with Gasteiger partial charge in [0, 0.05) is 16.3 Å². The third-order valence-electron chi connectivity index (χ3n) is 6.39. The Labute approximate surface area is 220 Å². The molecule has 186 valence electrons. The molecule has 1 amide bonds. The van der Waals surface area contributed by atoms with Gasteiger partial charge in [-0.25, -0.2) is 0 Å². The molecule has 1 atom stereocenters. The predicted octanol–water partition coefficient (Wildman–Crippen LogP) is 7.23. The van der Waals surface area contributed by atoms with Crippen LogP contribution >= 0.6 is 23.2 Å². The van der Waals surface area contributed by atoms with Crippen LogP contribution < -0.4 is 9.64 Å². The van der Waals surface area contributed by atoms with Crippen molar-refractivity contribution in [3.63, 3.8) is 0 Å². The van der Waals surface area contributed by atoms with E-state index >= 15 is 0 Å². The fraction of sp³-hybridized carbons (Fsp3) is 0.241. The molecule has 5 nitrogen and oxygen atoms in total. The van der Waals surface area contributed by atoms with Crippen molar-refractivity contribution >= 4 is 46.3 Å². The minimum Gasteiger partial charge on any atom is -0.507 e. The highest BCUT2D eigenvalue weighted by atomic mass is 35.5. The molecule has 1 heterocycles. The van der Waals surface area contributed by atoms with Crippen LogP contribution in [0.5, 0.6) is 5.75 Å². The molecule has 0 spiro atoms. The summed E-state index contributed by atoms with van der Waals surface area (Å²) in [5.74, 6) is -1.42. The summed E-state index contributed by atoms with van der Waals surface area (Å²) in [7, 11) is 1.49. The molecule has 1 fully saturated rings. The number of halogens is 2. The first-order valence-corrected chi connectivity index (χ1v) is 12.2. The Morgan fingerprint density at radius 3 is 2.22 bits per heavy atom. The summed E-state index contributed by atoms with van der Waals surface area (Å²) >= 11 is 12.6. The van der Waals surface area contributed by atoms with E-state index < -0.39 is 17.7 Å². The average molecular weight is 524 g/mol. The maximum absolute atomic E-state index is 13.4. The largest absolute Gasteiger partial charge is 0.507 e. The SMILES string of the molecule is COc1ccc(/C(O)=C2\C(=O)C(=O)N(c3cc(Cl)ccc3C)C2c2ccc(C(C)(C)C)cc2)cc1Cl. The molecule has 7 heteroatoms. The van der Waals surface area contributed by atoms with E-state index in [-0.39, 0.29) is 21.8 Å². The Morgan fingerprint density at radius 2 is 1.64 bits per heavy atom. The number of hydrogen-bond donors (Lipinski definition) is 1. The molecule has 36 heavy (non-hydrogen) atoms. The van der Waals surface area contributed by atoms with Crippen LogP contribution in [0.2, 0.25) is 10.0 Å². The lowest BCUT2D eigenvalue weighted by atomic mass is 9.85. The normalized spacial score (nSPS) is 17.5. The number of carbonyl (C=O) groups is 2. The van der Waals surface area contributed by atoms with Crippen LogP contribution in [0, 0.1) is 6.92 Å². The van der Waals surface area contributed by atoms with Crippen molar-refractivity contribution in [2.75, 3.05) is 12.0 Å². The maximum Gasteiger partial charge on any atom is 0.300 e. The lowest BCUT2D eigenvalue weighted by Gasteiger charge is -2.28. The summed E-state index contributed by atoms with van der Waals surface area (Å²) < 4.78 is 5.20. The molecule has 1 aliphatic heterocycles. The van der Waals surface area contributed by atoms with Crippen LogP contribution in [0.3, 0.4) is 0 Å². The first-order valence-electron chi connectivity index (χ1n) is 11.5. The summed E-state index contributed by atoms with van der Waals surface area (Å²) in [6, 6.07) is 16.7. The van der Waals surface area contributed by atoms with Gasteiger partial charge in [-0.2, -0.15) is 0 Å². The van der Waals surface area contributed by atoms with E-state index in [0.717, 1.165) is 11.1 Å². The van der Waals surface area contributed by atoms with Gasteiger partial charge in [0.1, 0.15) is 11.5 Å². The van der Waals surface area contributed by atoms with E-state index in [1.165, 1.54) is 18.1 Å². The molecule has 0 saturated carbocycles. The molecule has 3 aromatic rings. The van der Waals surface area contributed by atoms with Crippen molar-refractivity contribution in [2.45, 2.75) is 39.2 Å². The van der Waals surface area contributed by atoms with Gasteiger partial charge in [0.25, 0.3) is 11.7 Å². The number of Topliss-reactive ketones (excluding diaryl/α,β-unsaturated/α-hetero) is 1. The number of benzene rings is 3. The second-order valence-corrected chi connectivity index (χ2v) is 10.7. The molecule has 4 rings (SSSR count). The third kappa shape index (κ3) is 4.61. The number of aryl methyl sites for hydroxylation is 1. The van der Waals surface area contributed by atoms with E-state index in [4.69, 9.17) is 27.9 Å². The lowest BCUT2D eigenvalue weighted by molar-refractivity contribution is -0.132. The molecule has 1 N–H and O–H groups in total. The van der Waals surface area contributed by atoms with Gasteiger partial charge in [0.2, 0.25) is 0 Å². The second kappa shape index (κ2) is 9.64. The average Bonchev–Trinajstić information content (AvgIpc) is 3.10. The number of anilines is 1. The van der Waals surface area contributed by atoms with Crippen molar-refractivity contribution < 1.29 is 19.4 Å². The minimum atomic E-state index is -0.864. The fourth-order valence-corrected chi connectivity index (χ4v) is 4.80. The number of nitrogens with zero attached hydrogens (tertiary/aromatic N) is 1. The van der Waals surface area contributed by atoms with Gasteiger partial charge in [0.15, 0.2) is 0 Å². The van der Waals surface area contributed by atoms with Crippen LogP contribution in [0.15, 0.2) is 66.2 Å². The highest BCUT2D eigenvalue weighted by molar-refractivity contribution is 6.52. The van der Waals surface area contributed by atoms with Crippen molar-refractivity contribution in [2.24, 2.45) is 0 Å². The number of rotatable bonds is 4. The Kier molecular flexibility index (Phi) is 6.91. The lowest BCUT2D eigenvalue weighted by Crippen LogP contribution is -2.30. The standard InChI is InChI=1S/C29H27Cl2NO4/c1-16-6-12-20(30)15-22(16)32-25(17-7-10-19(11-8-17)29(2,3)4)24(27(34)28(32)35)26(33)18-9-13-23(36-5)21(31)14-18/h6-15,25,33H,1-5H3/b26-24+. The molecule has 0 aromatic heterocycles. The first kappa shape index (κ1) is 25.8. The monoisotopic (exact) mass is 523 g/mol. The number of carbonyl (C=O) groups excluding carboxylic acids is 2. The number of aliphatic hydroxyl groups excluding tert-OH is 1. The van der Waals surface area contributed by atoms with Crippen molar-refractivity contribution in [3.05, 3.63) is 98.5 Å². The number of hydrogen-bond acceptors (Lipinski definition) is 4. The molecule has 1 unspecified atom stereocenters. The summed E-state index contributed by atoms with van der Waals surface area (Å²) in [5, 5.41) is 12.1. The zero-order valence-electron chi connectivity index (χ0n) is 20.7. The summed E-state index contributed by atoms with van der Waals surface area (Å²) in [6.07, 6.45) is 0.